The van der Waals surface area contributed by atoms with Gasteiger partial charge < -0.3 is 5.73 Å². The number of thiophene rings is 1. The van der Waals surface area contributed by atoms with Crippen LogP contribution in [0.1, 0.15) is 22.0 Å². The summed E-state index contributed by atoms with van der Waals surface area (Å²) in [5.74, 6) is 0. The van der Waals surface area contributed by atoms with Gasteiger partial charge in [0.2, 0.25) is 0 Å². The van der Waals surface area contributed by atoms with Gasteiger partial charge in [0.25, 0.3) is 0 Å². The summed E-state index contributed by atoms with van der Waals surface area (Å²) in [4.78, 5) is 1.14. The van der Waals surface area contributed by atoms with Crippen molar-refractivity contribution in [1.82, 2.24) is 0 Å². The molecular weight excluding hydrogens is 430 g/mol. The SMILES string of the molecule is Cc1cc(C(N)c2cc(Br)c(Br)s2)ccc1Br. The van der Waals surface area contributed by atoms with Crippen LogP contribution >= 0.6 is 59.1 Å². The molecule has 2 aromatic rings. The van der Waals surface area contributed by atoms with Crippen molar-refractivity contribution in [1.29, 1.82) is 0 Å². The largest absolute Gasteiger partial charge is 0.320 e. The second-order valence-corrected chi connectivity index (χ2v) is 7.87. The summed E-state index contributed by atoms with van der Waals surface area (Å²) in [7, 11) is 0. The standard InChI is InChI=1S/C12H10Br3NS/c1-6-4-7(2-3-8(6)13)11(16)10-5-9(14)12(15)17-10/h2-5,11H,16H2,1H3. The lowest BCUT2D eigenvalue weighted by molar-refractivity contribution is 0.890. The van der Waals surface area contributed by atoms with Gasteiger partial charge in [-0.15, -0.1) is 11.3 Å². The second-order valence-electron chi connectivity index (χ2n) is 3.76. The highest BCUT2D eigenvalue weighted by molar-refractivity contribution is 9.13. The van der Waals surface area contributed by atoms with Crippen molar-refractivity contribution in [3.8, 4) is 0 Å². The smallest absolute Gasteiger partial charge is 0.0843 e. The Morgan fingerprint density at radius 3 is 2.35 bits per heavy atom. The molecule has 0 bridgehead atoms. The lowest BCUT2D eigenvalue weighted by Gasteiger charge is -2.11. The van der Waals surface area contributed by atoms with Crippen LogP contribution in [-0.4, -0.2) is 0 Å². The van der Waals surface area contributed by atoms with E-state index in [-0.39, 0.29) is 6.04 Å². The van der Waals surface area contributed by atoms with Gasteiger partial charge in [-0.25, -0.2) is 0 Å². The van der Waals surface area contributed by atoms with Crippen molar-refractivity contribution in [3.63, 3.8) is 0 Å². The quantitative estimate of drug-likeness (QED) is 0.666. The van der Waals surface area contributed by atoms with Gasteiger partial charge in [0.05, 0.1) is 9.83 Å². The number of nitrogens with two attached hydrogens (primary N) is 1. The Bertz CT molecular complexity index is 531. The van der Waals surface area contributed by atoms with E-state index in [2.05, 4.69) is 72.9 Å². The minimum absolute atomic E-state index is 0.0746. The molecule has 0 amide bonds. The zero-order valence-electron chi connectivity index (χ0n) is 9.01. The van der Waals surface area contributed by atoms with E-state index in [9.17, 15) is 0 Å². The highest BCUT2D eigenvalue weighted by Gasteiger charge is 2.14. The molecule has 17 heavy (non-hydrogen) atoms. The van der Waals surface area contributed by atoms with Crippen LogP contribution in [0.5, 0.6) is 0 Å². The van der Waals surface area contributed by atoms with E-state index < -0.39 is 0 Å². The summed E-state index contributed by atoms with van der Waals surface area (Å²) in [6, 6.07) is 8.22. The van der Waals surface area contributed by atoms with Gasteiger partial charge in [-0.1, -0.05) is 28.1 Å². The molecule has 0 fully saturated rings. The van der Waals surface area contributed by atoms with Gasteiger partial charge in [0, 0.05) is 13.8 Å². The molecule has 0 spiro atoms. The average Bonchev–Trinajstić information content (AvgIpc) is 2.62. The predicted molar refractivity (Wildman–Crippen MR) is 84.6 cm³/mol. The van der Waals surface area contributed by atoms with E-state index in [1.165, 1.54) is 5.56 Å². The summed E-state index contributed by atoms with van der Waals surface area (Å²) in [5.41, 5.74) is 8.60. The first-order valence-corrected chi connectivity index (χ1v) is 8.15. The van der Waals surface area contributed by atoms with Crippen LogP contribution in [0, 0.1) is 6.92 Å². The van der Waals surface area contributed by atoms with E-state index in [0.717, 1.165) is 23.2 Å². The second kappa shape index (κ2) is 5.53. The molecule has 1 atom stereocenters. The molecule has 1 aromatic carbocycles. The van der Waals surface area contributed by atoms with E-state index in [1.54, 1.807) is 11.3 Å². The van der Waals surface area contributed by atoms with Crippen LogP contribution in [0.25, 0.3) is 0 Å². The van der Waals surface area contributed by atoms with Gasteiger partial charge in [-0.05, 0) is 62.0 Å². The first-order chi connectivity index (χ1) is 7.99. The third kappa shape index (κ3) is 3.01. The molecule has 0 saturated carbocycles. The molecule has 1 heterocycles. The molecule has 1 unspecified atom stereocenters. The van der Waals surface area contributed by atoms with Gasteiger partial charge >= 0.3 is 0 Å². The van der Waals surface area contributed by atoms with Gasteiger partial charge in [-0.3, -0.25) is 0 Å². The van der Waals surface area contributed by atoms with Gasteiger partial charge in [0.1, 0.15) is 0 Å². The van der Waals surface area contributed by atoms with Crippen LogP contribution in [0.4, 0.5) is 0 Å². The van der Waals surface area contributed by atoms with E-state index in [0.29, 0.717) is 0 Å². The predicted octanol–water partition coefficient (Wildman–Crippen LogP) is 5.39. The van der Waals surface area contributed by atoms with Crippen molar-refractivity contribution < 1.29 is 0 Å². The molecule has 0 radical (unpaired) electrons. The van der Waals surface area contributed by atoms with Crippen LogP contribution in [0.3, 0.4) is 0 Å². The molecule has 2 rings (SSSR count). The number of hydrogen-bond donors (Lipinski definition) is 1. The minimum atomic E-state index is -0.0746. The Hall–Kier alpha value is 0.320. The van der Waals surface area contributed by atoms with Crippen LogP contribution < -0.4 is 5.73 Å². The van der Waals surface area contributed by atoms with Crippen LogP contribution in [0.2, 0.25) is 0 Å². The average molecular weight is 440 g/mol. The maximum absolute atomic E-state index is 6.27. The van der Waals surface area contributed by atoms with E-state index in [4.69, 9.17) is 5.73 Å². The maximum atomic E-state index is 6.27. The first kappa shape index (κ1) is 13.7. The van der Waals surface area contributed by atoms with Gasteiger partial charge in [0.15, 0.2) is 0 Å². The number of aryl methyl sites for hydroxylation is 1. The normalized spacial score (nSPS) is 12.8. The molecule has 2 N–H and O–H groups in total. The fraction of sp³-hybridized carbons (Fsp3) is 0.167. The summed E-state index contributed by atoms with van der Waals surface area (Å²) < 4.78 is 3.25. The molecule has 0 saturated heterocycles. The summed E-state index contributed by atoms with van der Waals surface area (Å²) in [5, 5.41) is 0. The Morgan fingerprint density at radius 1 is 1.12 bits per heavy atom. The van der Waals surface area contributed by atoms with Crippen molar-refractivity contribution in [2.24, 2.45) is 5.73 Å². The fourth-order valence-electron chi connectivity index (χ4n) is 1.54. The Morgan fingerprint density at radius 2 is 1.82 bits per heavy atom. The molecule has 1 nitrogen and oxygen atoms in total. The van der Waals surface area contributed by atoms with Crippen LogP contribution in [-0.2, 0) is 0 Å². The van der Waals surface area contributed by atoms with Crippen molar-refractivity contribution >= 4 is 59.1 Å². The number of halogens is 3. The van der Waals surface area contributed by atoms with Crippen molar-refractivity contribution in [3.05, 3.63) is 53.0 Å². The molecule has 0 aliphatic carbocycles. The summed E-state index contributed by atoms with van der Waals surface area (Å²) in [6.07, 6.45) is 0. The topological polar surface area (TPSA) is 26.0 Å². The lowest BCUT2D eigenvalue weighted by atomic mass is 10.0. The van der Waals surface area contributed by atoms with Crippen LogP contribution in [0.15, 0.2) is 37.0 Å². The number of rotatable bonds is 2. The third-order valence-corrected chi connectivity index (χ3v) is 6.74. The molecule has 90 valence electrons. The van der Waals surface area contributed by atoms with E-state index in [1.807, 2.05) is 6.07 Å². The highest BCUT2D eigenvalue weighted by Crippen LogP contribution is 2.37. The third-order valence-electron chi connectivity index (χ3n) is 2.51. The number of benzene rings is 1. The Balaban J connectivity index is 2.36. The van der Waals surface area contributed by atoms with Gasteiger partial charge in [-0.2, -0.15) is 0 Å². The zero-order chi connectivity index (χ0) is 12.6. The Labute approximate surface area is 130 Å². The summed E-state index contributed by atoms with van der Waals surface area (Å²) >= 11 is 12.1. The van der Waals surface area contributed by atoms with Crippen molar-refractivity contribution in [2.45, 2.75) is 13.0 Å². The monoisotopic (exact) mass is 437 g/mol. The minimum Gasteiger partial charge on any atom is -0.320 e. The molecule has 1 aromatic heterocycles. The zero-order valence-corrected chi connectivity index (χ0v) is 14.6. The molecule has 0 aliphatic rings. The Kier molecular flexibility index (Phi) is 4.47. The fourth-order valence-corrected chi connectivity index (χ4v) is 3.91. The van der Waals surface area contributed by atoms with E-state index >= 15 is 0 Å². The molecule has 5 heteroatoms. The first-order valence-electron chi connectivity index (χ1n) is 4.95. The maximum Gasteiger partial charge on any atom is 0.0843 e. The highest BCUT2D eigenvalue weighted by atomic mass is 79.9. The molecular formula is C12H10Br3NS. The summed E-state index contributed by atoms with van der Waals surface area (Å²) in [6.45, 7) is 2.07. The molecule has 0 aliphatic heterocycles. The lowest BCUT2D eigenvalue weighted by Crippen LogP contribution is -2.10. The number of hydrogen-bond acceptors (Lipinski definition) is 2. The van der Waals surface area contributed by atoms with Crippen molar-refractivity contribution in [2.75, 3.05) is 0 Å².